The van der Waals surface area contributed by atoms with Crippen molar-refractivity contribution in [1.82, 2.24) is 19.5 Å². The molecule has 4 rings (SSSR count). The van der Waals surface area contributed by atoms with Gasteiger partial charge in [-0.05, 0) is 44.0 Å². The maximum absolute atomic E-state index is 13.0. The summed E-state index contributed by atoms with van der Waals surface area (Å²) in [4.78, 5) is 26.0. The first-order valence-corrected chi connectivity index (χ1v) is 8.99. The normalized spacial score (nSPS) is 11.0. The van der Waals surface area contributed by atoms with E-state index in [2.05, 4.69) is 32.4 Å². The number of hydrogen-bond acceptors (Lipinski definition) is 6. The summed E-state index contributed by atoms with van der Waals surface area (Å²) in [6.07, 6.45) is 3.25. The van der Waals surface area contributed by atoms with Gasteiger partial charge in [0.25, 0.3) is 5.56 Å². The van der Waals surface area contributed by atoms with Crippen molar-refractivity contribution in [1.29, 1.82) is 0 Å². The number of aromatic nitrogens is 4. The van der Waals surface area contributed by atoms with Gasteiger partial charge in [-0.2, -0.15) is 4.98 Å². The molecule has 0 aliphatic heterocycles. The molecule has 3 heterocycles. The molecule has 0 aliphatic rings. The highest BCUT2D eigenvalue weighted by atomic mass is 32.1. The van der Waals surface area contributed by atoms with Gasteiger partial charge in [0.15, 0.2) is 10.8 Å². The molecule has 6 nitrogen and oxygen atoms in total. The van der Waals surface area contributed by atoms with Crippen molar-refractivity contribution >= 4 is 32.6 Å². The minimum Gasteiger partial charge on any atom is -0.316 e. The first-order valence-electron chi connectivity index (χ1n) is 8.17. The summed E-state index contributed by atoms with van der Waals surface area (Å²) < 4.78 is 2.13. The molecule has 1 aromatic carbocycles. The third-order valence-electron chi connectivity index (χ3n) is 4.09. The smallest absolute Gasteiger partial charge is 0.277 e. The topological polar surface area (TPSA) is 72.7 Å². The van der Waals surface area contributed by atoms with Gasteiger partial charge in [-0.3, -0.25) is 9.36 Å². The van der Waals surface area contributed by atoms with Gasteiger partial charge in [0.05, 0.1) is 5.69 Å². The maximum atomic E-state index is 13.0. The Morgan fingerprint density at radius 2 is 1.85 bits per heavy atom. The number of aryl methyl sites for hydroxylation is 3. The third-order valence-corrected chi connectivity index (χ3v) is 5.04. The molecule has 4 aromatic rings. The van der Waals surface area contributed by atoms with Crippen molar-refractivity contribution in [2.45, 2.75) is 20.8 Å². The number of fused-ring (bicyclic) bond motifs is 1. The monoisotopic (exact) mass is 363 g/mol. The first-order chi connectivity index (χ1) is 12.5. The molecule has 0 bridgehead atoms. The SMILES string of the molecule is Cc1cc(C)c(-n2cnc3nc(Nc4ccccn4)sc3c2=O)c(C)c1. The Balaban J connectivity index is 1.82. The Morgan fingerprint density at radius 3 is 2.54 bits per heavy atom. The number of benzene rings is 1. The zero-order chi connectivity index (χ0) is 18.3. The van der Waals surface area contributed by atoms with Crippen molar-refractivity contribution in [3.63, 3.8) is 0 Å². The molecule has 0 unspecified atom stereocenters. The van der Waals surface area contributed by atoms with Crippen molar-refractivity contribution in [2.75, 3.05) is 5.32 Å². The molecule has 0 saturated heterocycles. The van der Waals surface area contributed by atoms with Crippen LogP contribution in [0.5, 0.6) is 0 Å². The van der Waals surface area contributed by atoms with E-state index in [9.17, 15) is 4.79 Å². The van der Waals surface area contributed by atoms with E-state index in [1.54, 1.807) is 17.1 Å². The summed E-state index contributed by atoms with van der Waals surface area (Å²) in [7, 11) is 0. The minimum absolute atomic E-state index is 0.114. The largest absolute Gasteiger partial charge is 0.316 e. The highest BCUT2D eigenvalue weighted by Gasteiger charge is 2.14. The van der Waals surface area contributed by atoms with Crippen molar-refractivity contribution in [3.8, 4) is 5.69 Å². The maximum Gasteiger partial charge on any atom is 0.277 e. The highest BCUT2D eigenvalue weighted by Crippen LogP contribution is 2.25. The Labute approximate surface area is 154 Å². The second-order valence-electron chi connectivity index (χ2n) is 6.18. The minimum atomic E-state index is -0.114. The van der Waals surface area contributed by atoms with E-state index in [0.717, 1.165) is 16.8 Å². The number of rotatable bonds is 3. The first kappa shape index (κ1) is 16.4. The summed E-state index contributed by atoms with van der Waals surface area (Å²) in [5.41, 5.74) is 4.46. The van der Waals surface area contributed by atoms with E-state index >= 15 is 0 Å². The molecule has 0 aliphatic carbocycles. The van der Waals surface area contributed by atoms with Crippen LogP contribution >= 0.6 is 11.3 Å². The van der Waals surface area contributed by atoms with Crippen LogP contribution in [0.3, 0.4) is 0 Å². The van der Waals surface area contributed by atoms with Gasteiger partial charge in [0.1, 0.15) is 16.8 Å². The van der Waals surface area contributed by atoms with Crippen LogP contribution in [0.2, 0.25) is 0 Å². The number of nitrogens with one attached hydrogen (secondary N) is 1. The van der Waals surface area contributed by atoms with Gasteiger partial charge < -0.3 is 5.32 Å². The van der Waals surface area contributed by atoms with E-state index in [-0.39, 0.29) is 5.56 Å². The van der Waals surface area contributed by atoms with Crippen LogP contribution in [-0.4, -0.2) is 19.5 Å². The summed E-state index contributed by atoms with van der Waals surface area (Å²) in [5, 5.41) is 3.71. The second kappa shape index (κ2) is 6.34. The van der Waals surface area contributed by atoms with Crippen LogP contribution in [0, 0.1) is 20.8 Å². The Morgan fingerprint density at radius 1 is 1.08 bits per heavy atom. The summed E-state index contributed by atoms with van der Waals surface area (Å²) in [5.74, 6) is 0.678. The fourth-order valence-corrected chi connectivity index (χ4v) is 3.98. The van der Waals surface area contributed by atoms with Crippen LogP contribution < -0.4 is 10.9 Å². The zero-order valence-corrected chi connectivity index (χ0v) is 15.5. The van der Waals surface area contributed by atoms with Crippen LogP contribution in [-0.2, 0) is 0 Å². The van der Waals surface area contributed by atoms with Crippen LogP contribution in [0.15, 0.2) is 47.7 Å². The van der Waals surface area contributed by atoms with E-state index < -0.39 is 0 Å². The zero-order valence-electron chi connectivity index (χ0n) is 14.6. The summed E-state index contributed by atoms with van der Waals surface area (Å²) >= 11 is 1.28. The van der Waals surface area contributed by atoms with Gasteiger partial charge >= 0.3 is 0 Å². The van der Waals surface area contributed by atoms with E-state index in [4.69, 9.17) is 0 Å². The number of anilines is 2. The molecule has 130 valence electrons. The second-order valence-corrected chi connectivity index (χ2v) is 7.18. The number of hydrogen-bond donors (Lipinski definition) is 1. The lowest BCUT2D eigenvalue weighted by molar-refractivity contribution is 0.939. The Bertz CT molecular complexity index is 1140. The molecule has 0 radical (unpaired) electrons. The lowest BCUT2D eigenvalue weighted by Crippen LogP contribution is -2.19. The molecule has 3 aromatic heterocycles. The van der Waals surface area contributed by atoms with E-state index in [0.29, 0.717) is 21.3 Å². The van der Waals surface area contributed by atoms with Crippen LogP contribution in [0.4, 0.5) is 10.9 Å². The summed E-state index contributed by atoms with van der Waals surface area (Å²) in [6.45, 7) is 6.06. The molecule has 0 amide bonds. The lowest BCUT2D eigenvalue weighted by Gasteiger charge is -2.13. The van der Waals surface area contributed by atoms with Crippen molar-refractivity contribution < 1.29 is 0 Å². The molecular formula is C19H17N5OS. The Hall–Kier alpha value is -3.06. The quantitative estimate of drug-likeness (QED) is 0.597. The van der Waals surface area contributed by atoms with Gasteiger partial charge in [-0.15, -0.1) is 0 Å². The molecule has 0 spiro atoms. The standard InChI is InChI=1S/C19H17N5OS/c1-11-8-12(2)15(13(3)9-11)24-10-21-17-16(18(24)25)26-19(23-17)22-14-6-4-5-7-20-14/h4-10H,1-3H3,(H,20,22,23). The van der Waals surface area contributed by atoms with E-state index in [1.165, 1.54) is 16.9 Å². The number of pyridine rings is 1. The molecule has 26 heavy (non-hydrogen) atoms. The van der Waals surface area contributed by atoms with E-state index in [1.807, 2.05) is 39.0 Å². The predicted octanol–water partition coefficient (Wildman–Crippen LogP) is 3.91. The number of thiazole rings is 1. The average Bonchev–Trinajstić information content (AvgIpc) is 3.00. The van der Waals surface area contributed by atoms with Gasteiger partial charge in [-0.1, -0.05) is 35.1 Å². The molecule has 0 atom stereocenters. The van der Waals surface area contributed by atoms with Crippen molar-refractivity contribution in [2.24, 2.45) is 0 Å². The van der Waals surface area contributed by atoms with Gasteiger partial charge in [-0.25, -0.2) is 9.97 Å². The lowest BCUT2D eigenvalue weighted by atomic mass is 10.1. The third kappa shape index (κ3) is 2.86. The van der Waals surface area contributed by atoms with Gasteiger partial charge in [0, 0.05) is 6.20 Å². The van der Waals surface area contributed by atoms with Crippen LogP contribution in [0.1, 0.15) is 16.7 Å². The number of nitrogens with zero attached hydrogens (tertiary/aromatic N) is 4. The fourth-order valence-electron chi connectivity index (χ4n) is 3.12. The molecule has 1 N–H and O–H groups in total. The molecule has 0 fully saturated rings. The van der Waals surface area contributed by atoms with Crippen molar-refractivity contribution in [3.05, 3.63) is 69.9 Å². The average molecular weight is 363 g/mol. The summed E-state index contributed by atoms with van der Waals surface area (Å²) in [6, 6.07) is 9.71. The Kier molecular flexibility index (Phi) is 4.00. The predicted molar refractivity (Wildman–Crippen MR) is 105 cm³/mol. The molecule has 7 heteroatoms. The molecular weight excluding hydrogens is 346 g/mol. The van der Waals surface area contributed by atoms with Crippen LogP contribution in [0.25, 0.3) is 16.0 Å². The van der Waals surface area contributed by atoms with Gasteiger partial charge in [0.2, 0.25) is 0 Å². The fraction of sp³-hybridized carbons (Fsp3) is 0.158. The molecule has 0 saturated carbocycles. The highest BCUT2D eigenvalue weighted by molar-refractivity contribution is 7.22.